The lowest BCUT2D eigenvalue weighted by Crippen LogP contribution is -2.36. The number of carbonyl (C=O) groups is 1. The number of hydrogen-bond donors (Lipinski definition) is 0. The number of ether oxygens (including phenoxy) is 2. The Morgan fingerprint density at radius 2 is 1.77 bits per heavy atom. The Labute approximate surface area is 182 Å². The molecule has 1 unspecified atom stereocenters. The van der Waals surface area contributed by atoms with E-state index in [1.54, 1.807) is 12.0 Å². The SMILES string of the molecule is COc1ccc(-c2cc3c(c4ccccc24)C(CCl)CN3C(=O)OC(C)(C)C)cc1. The van der Waals surface area contributed by atoms with Gasteiger partial charge in [-0.25, -0.2) is 4.79 Å². The Balaban J connectivity index is 1.91. The highest BCUT2D eigenvalue weighted by Gasteiger charge is 2.36. The zero-order chi connectivity index (χ0) is 21.5. The molecule has 0 spiro atoms. The maximum Gasteiger partial charge on any atom is 0.414 e. The number of amides is 1. The number of nitrogens with zero attached hydrogens (tertiary/aromatic N) is 1. The molecule has 0 saturated carbocycles. The van der Waals surface area contributed by atoms with Crippen molar-refractivity contribution in [1.29, 1.82) is 0 Å². The first-order valence-corrected chi connectivity index (χ1v) is 10.6. The predicted molar refractivity (Wildman–Crippen MR) is 123 cm³/mol. The number of benzene rings is 3. The monoisotopic (exact) mass is 423 g/mol. The quantitative estimate of drug-likeness (QED) is 0.446. The van der Waals surface area contributed by atoms with Crippen LogP contribution in [0, 0.1) is 0 Å². The normalized spacial score (nSPS) is 15.9. The largest absolute Gasteiger partial charge is 0.497 e. The van der Waals surface area contributed by atoms with Crippen molar-refractivity contribution in [3.8, 4) is 16.9 Å². The van der Waals surface area contributed by atoms with E-state index >= 15 is 0 Å². The third-order valence-electron chi connectivity index (χ3n) is 5.37. The number of halogens is 1. The van der Waals surface area contributed by atoms with Gasteiger partial charge >= 0.3 is 6.09 Å². The van der Waals surface area contributed by atoms with Crippen LogP contribution in [0.5, 0.6) is 5.75 Å². The molecule has 1 aliphatic heterocycles. The van der Waals surface area contributed by atoms with E-state index in [-0.39, 0.29) is 12.0 Å². The predicted octanol–water partition coefficient (Wildman–Crippen LogP) is 6.59. The van der Waals surface area contributed by atoms with Gasteiger partial charge in [0.15, 0.2) is 0 Å². The first-order valence-electron chi connectivity index (χ1n) is 10.1. The first-order chi connectivity index (χ1) is 14.3. The Hall–Kier alpha value is -2.72. The molecule has 0 N–H and O–H groups in total. The van der Waals surface area contributed by atoms with E-state index in [4.69, 9.17) is 21.1 Å². The van der Waals surface area contributed by atoms with Crippen LogP contribution in [-0.2, 0) is 4.74 Å². The maximum atomic E-state index is 13.0. The van der Waals surface area contributed by atoms with Crippen molar-refractivity contribution in [3.05, 3.63) is 60.2 Å². The molecule has 1 amide bonds. The van der Waals surface area contributed by atoms with Crippen molar-refractivity contribution < 1.29 is 14.3 Å². The highest BCUT2D eigenvalue weighted by Crippen LogP contribution is 2.46. The molecule has 3 aromatic carbocycles. The molecule has 0 saturated heterocycles. The van der Waals surface area contributed by atoms with Gasteiger partial charge in [0.25, 0.3) is 0 Å². The summed E-state index contributed by atoms with van der Waals surface area (Å²) in [6, 6.07) is 18.4. The van der Waals surface area contributed by atoms with Crippen molar-refractivity contribution in [2.75, 3.05) is 24.4 Å². The summed E-state index contributed by atoms with van der Waals surface area (Å²) in [6.45, 7) is 6.15. The zero-order valence-electron chi connectivity index (χ0n) is 17.7. The summed E-state index contributed by atoms with van der Waals surface area (Å²) in [5, 5.41) is 2.26. The number of carbonyl (C=O) groups excluding carboxylic acids is 1. The number of fused-ring (bicyclic) bond motifs is 3. The van der Waals surface area contributed by atoms with Gasteiger partial charge in [-0.1, -0.05) is 36.4 Å². The van der Waals surface area contributed by atoms with Gasteiger partial charge in [-0.2, -0.15) is 0 Å². The van der Waals surface area contributed by atoms with Gasteiger partial charge in [0.1, 0.15) is 11.4 Å². The van der Waals surface area contributed by atoms with Crippen LogP contribution in [0.25, 0.3) is 21.9 Å². The molecule has 156 valence electrons. The molecule has 0 aliphatic carbocycles. The van der Waals surface area contributed by atoms with Crippen LogP contribution >= 0.6 is 11.6 Å². The highest BCUT2D eigenvalue weighted by atomic mass is 35.5. The highest BCUT2D eigenvalue weighted by molar-refractivity contribution is 6.19. The van der Waals surface area contributed by atoms with Gasteiger partial charge < -0.3 is 9.47 Å². The van der Waals surface area contributed by atoms with Gasteiger partial charge in [-0.3, -0.25) is 4.90 Å². The Morgan fingerprint density at radius 3 is 2.37 bits per heavy atom. The van der Waals surface area contributed by atoms with E-state index in [1.165, 1.54) is 0 Å². The van der Waals surface area contributed by atoms with E-state index < -0.39 is 5.60 Å². The van der Waals surface area contributed by atoms with Crippen LogP contribution in [0.1, 0.15) is 32.3 Å². The molecule has 1 atom stereocenters. The molecule has 0 fully saturated rings. The average Bonchev–Trinajstić information content (AvgIpc) is 3.11. The first kappa shape index (κ1) is 20.5. The van der Waals surface area contributed by atoms with E-state index in [0.717, 1.165) is 38.9 Å². The minimum absolute atomic E-state index is 0.0593. The van der Waals surface area contributed by atoms with E-state index in [1.807, 2.05) is 57.2 Å². The molecule has 4 nitrogen and oxygen atoms in total. The molecular formula is C25H26ClNO3. The molecule has 5 heteroatoms. The topological polar surface area (TPSA) is 38.8 Å². The summed E-state index contributed by atoms with van der Waals surface area (Å²) in [7, 11) is 1.66. The molecule has 0 radical (unpaired) electrons. The number of hydrogen-bond acceptors (Lipinski definition) is 3. The van der Waals surface area contributed by atoms with Crippen molar-refractivity contribution >= 4 is 34.2 Å². The van der Waals surface area contributed by atoms with Crippen molar-refractivity contribution in [3.63, 3.8) is 0 Å². The van der Waals surface area contributed by atoms with Crippen molar-refractivity contribution in [2.24, 2.45) is 0 Å². The molecule has 1 aliphatic rings. The summed E-state index contributed by atoms with van der Waals surface area (Å²) in [4.78, 5) is 14.7. The van der Waals surface area contributed by atoms with Crippen LogP contribution in [-0.4, -0.2) is 31.2 Å². The second-order valence-electron chi connectivity index (χ2n) is 8.57. The van der Waals surface area contributed by atoms with E-state index in [0.29, 0.717) is 12.4 Å². The van der Waals surface area contributed by atoms with Gasteiger partial charge in [0.05, 0.1) is 12.8 Å². The van der Waals surface area contributed by atoms with Gasteiger partial charge in [0.2, 0.25) is 0 Å². The van der Waals surface area contributed by atoms with Crippen molar-refractivity contribution in [1.82, 2.24) is 0 Å². The van der Waals surface area contributed by atoms with Gasteiger partial charge in [-0.05, 0) is 66.4 Å². The fraction of sp³-hybridized carbons (Fsp3) is 0.320. The fourth-order valence-corrected chi connectivity index (χ4v) is 4.32. The smallest absolute Gasteiger partial charge is 0.414 e. The second kappa shape index (κ2) is 7.84. The van der Waals surface area contributed by atoms with E-state index in [2.05, 4.69) is 18.2 Å². The molecule has 4 rings (SSSR count). The fourth-order valence-electron chi connectivity index (χ4n) is 4.07. The summed E-state index contributed by atoms with van der Waals surface area (Å²) >= 11 is 6.34. The Kier molecular flexibility index (Phi) is 5.37. The van der Waals surface area contributed by atoms with Crippen LogP contribution < -0.4 is 9.64 Å². The standard InChI is InChI=1S/C25H26ClNO3/c1-25(2,3)30-24(28)27-15-17(14-26)23-20-8-6-5-7-19(20)21(13-22(23)27)16-9-11-18(29-4)12-10-16/h5-13,17H,14-15H2,1-4H3. The Bertz CT molecular complexity index is 1090. The lowest BCUT2D eigenvalue weighted by atomic mass is 9.90. The summed E-state index contributed by atoms with van der Waals surface area (Å²) in [5.41, 5.74) is 3.55. The third-order valence-corrected chi connectivity index (χ3v) is 5.74. The lowest BCUT2D eigenvalue weighted by molar-refractivity contribution is 0.0582. The minimum Gasteiger partial charge on any atom is -0.497 e. The van der Waals surface area contributed by atoms with Crippen LogP contribution in [0.15, 0.2) is 54.6 Å². The molecule has 0 bridgehead atoms. The number of anilines is 1. The van der Waals surface area contributed by atoms with Crippen molar-refractivity contribution in [2.45, 2.75) is 32.3 Å². The minimum atomic E-state index is -0.564. The summed E-state index contributed by atoms with van der Waals surface area (Å²) in [6.07, 6.45) is -0.340. The number of rotatable bonds is 3. The molecule has 1 heterocycles. The van der Waals surface area contributed by atoms with Gasteiger partial charge in [-0.15, -0.1) is 11.6 Å². The van der Waals surface area contributed by atoms with Gasteiger partial charge in [0, 0.05) is 18.3 Å². The molecule has 30 heavy (non-hydrogen) atoms. The number of alkyl halides is 1. The molecular weight excluding hydrogens is 398 g/mol. The lowest BCUT2D eigenvalue weighted by Gasteiger charge is -2.25. The third kappa shape index (κ3) is 3.72. The maximum absolute atomic E-state index is 13.0. The Morgan fingerprint density at radius 1 is 1.10 bits per heavy atom. The summed E-state index contributed by atoms with van der Waals surface area (Å²) in [5.74, 6) is 1.31. The number of methoxy groups -OCH3 is 1. The van der Waals surface area contributed by atoms with Crippen LogP contribution in [0.2, 0.25) is 0 Å². The average molecular weight is 424 g/mol. The zero-order valence-corrected chi connectivity index (χ0v) is 18.5. The second-order valence-corrected chi connectivity index (χ2v) is 8.88. The molecule has 0 aromatic heterocycles. The molecule has 3 aromatic rings. The van der Waals surface area contributed by atoms with E-state index in [9.17, 15) is 4.79 Å². The van der Waals surface area contributed by atoms with Crippen LogP contribution in [0.4, 0.5) is 10.5 Å². The van der Waals surface area contributed by atoms with Crippen LogP contribution in [0.3, 0.4) is 0 Å². The summed E-state index contributed by atoms with van der Waals surface area (Å²) < 4.78 is 11.0.